The van der Waals surface area contributed by atoms with E-state index in [1.807, 2.05) is 36.9 Å². The van der Waals surface area contributed by atoms with Crippen molar-refractivity contribution in [2.75, 3.05) is 30.4 Å². The Morgan fingerprint density at radius 1 is 1.41 bits per heavy atom. The molecule has 1 aliphatic heterocycles. The minimum Gasteiger partial charge on any atom is -0.453 e. The zero-order valence-corrected chi connectivity index (χ0v) is 16.8. The fourth-order valence-electron chi connectivity index (χ4n) is 2.96. The van der Waals surface area contributed by atoms with Crippen LogP contribution >= 0.6 is 0 Å². The Kier molecular flexibility index (Phi) is 5.87. The van der Waals surface area contributed by atoms with Crippen molar-refractivity contribution in [2.24, 2.45) is 10.1 Å². The molecule has 1 aliphatic rings. The molecule has 2 heterocycles. The van der Waals surface area contributed by atoms with Crippen molar-refractivity contribution in [1.82, 2.24) is 14.9 Å². The number of carbonyl (C=O) groups excluding carboxylic acids is 1. The number of aliphatic imine (C=N–C) groups is 1. The molecule has 0 aliphatic carbocycles. The van der Waals surface area contributed by atoms with Gasteiger partial charge in [0.15, 0.2) is 5.82 Å². The number of benzene rings is 1. The zero-order chi connectivity index (χ0) is 21.0. The minimum atomic E-state index is -0.598. The maximum atomic E-state index is 11.9. The second kappa shape index (κ2) is 8.52. The van der Waals surface area contributed by atoms with Crippen LogP contribution < -0.4 is 10.2 Å². The van der Waals surface area contributed by atoms with E-state index in [4.69, 9.17) is 15.0 Å². The van der Waals surface area contributed by atoms with E-state index in [2.05, 4.69) is 26.6 Å². The maximum absolute atomic E-state index is 11.9. The molecule has 0 radical (unpaired) electrons. The lowest BCUT2D eigenvalue weighted by atomic mass is 10.2. The molecule has 1 aromatic carbocycles. The normalized spacial score (nSPS) is 13.6. The summed E-state index contributed by atoms with van der Waals surface area (Å²) in [5.41, 5.74) is 3.16. The number of fused-ring (bicyclic) bond motifs is 1. The zero-order valence-electron chi connectivity index (χ0n) is 16.8. The number of amides is 1. The third-order valence-corrected chi connectivity index (χ3v) is 4.37. The predicted molar refractivity (Wildman–Crippen MR) is 110 cm³/mol. The average molecular weight is 394 g/mol. The van der Waals surface area contributed by atoms with E-state index in [1.54, 1.807) is 6.92 Å². The van der Waals surface area contributed by atoms with Gasteiger partial charge in [-0.3, -0.25) is 5.32 Å². The lowest BCUT2D eigenvalue weighted by Crippen LogP contribution is -2.23. The van der Waals surface area contributed by atoms with Crippen LogP contribution in [0, 0.1) is 18.3 Å². The van der Waals surface area contributed by atoms with Crippen molar-refractivity contribution >= 4 is 34.6 Å². The number of aryl methyl sites for hydroxylation is 1. The van der Waals surface area contributed by atoms with E-state index >= 15 is 0 Å². The van der Waals surface area contributed by atoms with Crippen LogP contribution in [0.15, 0.2) is 28.3 Å². The molecule has 1 aromatic heterocycles. The molecule has 29 heavy (non-hydrogen) atoms. The highest BCUT2D eigenvalue weighted by Crippen LogP contribution is 2.31. The number of aromatic nitrogens is 3. The third-order valence-electron chi connectivity index (χ3n) is 4.37. The van der Waals surface area contributed by atoms with Crippen LogP contribution in [0.1, 0.15) is 31.9 Å². The number of hydrogen-bond donors (Lipinski definition) is 1. The van der Waals surface area contributed by atoms with Crippen LogP contribution in [0.25, 0.3) is 0 Å². The first-order valence-corrected chi connectivity index (χ1v) is 9.16. The summed E-state index contributed by atoms with van der Waals surface area (Å²) in [5.74, 6) is 1.15. The summed E-state index contributed by atoms with van der Waals surface area (Å²) in [6.45, 7) is 6.93. The van der Waals surface area contributed by atoms with Gasteiger partial charge in [-0.25, -0.2) is 14.8 Å². The summed E-state index contributed by atoms with van der Waals surface area (Å²) in [7, 11) is 1.30. The molecule has 0 bridgehead atoms. The largest absolute Gasteiger partial charge is 0.453 e. The van der Waals surface area contributed by atoms with E-state index in [0.717, 1.165) is 12.2 Å². The van der Waals surface area contributed by atoms with Crippen LogP contribution in [-0.4, -0.2) is 52.6 Å². The number of ether oxygens (including phenoxy) is 1. The minimum absolute atomic E-state index is 0.405. The molecule has 1 N–H and O–H groups in total. The number of carbonyl (C=O) groups is 1. The Bertz CT molecular complexity index is 1030. The second-order valence-corrected chi connectivity index (χ2v) is 6.32. The van der Waals surface area contributed by atoms with Crippen molar-refractivity contribution in [3.05, 3.63) is 29.8 Å². The van der Waals surface area contributed by atoms with Crippen LogP contribution in [0.3, 0.4) is 0 Å². The summed E-state index contributed by atoms with van der Waals surface area (Å²) in [5, 5.41) is 20.1. The number of nitrogens with zero attached hydrogens (tertiary/aromatic N) is 7. The molecule has 10 nitrogen and oxygen atoms in total. The average Bonchev–Trinajstić information content (AvgIpc) is 3.19. The lowest BCUT2D eigenvalue weighted by molar-refractivity contribution is 0.187. The molecule has 2 aromatic rings. The lowest BCUT2D eigenvalue weighted by Gasteiger charge is -2.23. The SMILES string of the molecule is CCN(CCC#N)c1ccc(N=C2C(C)=Nn3nc(C)nc32)c(NC(=O)OC)c1. The number of rotatable bonds is 6. The number of anilines is 2. The third kappa shape index (κ3) is 4.24. The predicted octanol–water partition coefficient (Wildman–Crippen LogP) is 2.86. The Balaban J connectivity index is 2.03. The van der Waals surface area contributed by atoms with Crippen LogP contribution in [-0.2, 0) is 4.74 Å². The van der Waals surface area contributed by atoms with Gasteiger partial charge in [-0.05, 0) is 39.0 Å². The Hall–Kier alpha value is -3.74. The van der Waals surface area contributed by atoms with Gasteiger partial charge in [0.05, 0.1) is 36.7 Å². The first kappa shape index (κ1) is 20.0. The molecule has 1 amide bonds. The van der Waals surface area contributed by atoms with Gasteiger partial charge < -0.3 is 9.64 Å². The van der Waals surface area contributed by atoms with E-state index in [1.165, 1.54) is 11.9 Å². The standard InChI is InChI=1S/C19H22N8O2/c1-5-26(10-6-9-20)14-7-8-15(16(11-14)23-19(28)29-4)22-17-12(2)24-27-18(17)21-13(3)25-27/h7-8,11H,5-6,10H2,1-4H3,(H,23,28). The first-order valence-electron chi connectivity index (χ1n) is 9.16. The van der Waals surface area contributed by atoms with E-state index in [0.29, 0.717) is 47.4 Å². The Morgan fingerprint density at radius 3 is 2.90 bits per heavy atom. The molecular weight excluding hydrogens is 372 g/mol. The Morgan fingerprint density at radius 2 is 2.21 bits per heavy atom. The van der Waals surface area contributed by atoms with Crippen molar-refractivity contribution in [3.8, 4) is 6.07 Å². The monoisotopic (exact) mass is 394 g/mol. The fraction of sp³-hybridized carbons (Fsp3) is 0.368. The van der Waals surface area contributed by atoms with Gasteiger partial charge in [0, 0.05) is 18.8 Å². The van der Waals surface area contributed by atoms with Crippen LogP contribution in [0.4, 0.5) is 21.9 Å². The summed E-state index contributed by atoms with van der Waals surface area (Å²) >= 11 is 0. The number of methoxy groups -OCH3 is 1. The molecule has 0 atom stereocenters. The summed E-state index contributed by atoms with van der Waals surface area (Å²) < 4.78 is 4.75. The molecule has 0 saturated heterocycles. The molecule has 150 valence electrons. The highest BCUT2D eigenvalue weighted by atomic mass is 16.5. The van der Waals surface area contributed by atoms with Gasteiger partial charge in [-0.1, -0.05) is 0 Å². The summed E-state index contributed by atoms with van der Waals surface area (Å²) in [6, 6.07) is 7.68. The summed E-state index contributed by atoms with van der Waals surface area (Å²) in [6.07, 6.45) is -0.193. The first-order chi connectivity index (χ1) is 14.0. The van der Waals surface area contributed by atoms with Crippen molar-refractivity contribution in [3.63, 3.8) is 0 Å². The highest BCUT2D eigenvalue weighted by Gasteiger charge is 2.24. The Labute approximate surface area is 168 Å². The van der Waals surface area contributed by atoms with Gasteiger partial charge >= 0.3 is 6.09 Å². The van der Waals surface area contributed by atoms with Gasteiger partial charge in [0.1, 0.15) is 5.71 Å². The van der Waals surface area contributed by atoms with Crippen LogP contribution in [0.2, 0.25) is 0 Å². The molecule has 10 heteroatoms. The molecule has 0 spiro atoms. The second-order valence-electron chi connectivity index (χ2n) is 6.32. The van der Waals surface area contributed by atoms with Gasteiger partial charge in [0.25, 0.3) is 0 Å². The topological polar surface area (TPSA) is 121 Å². The molecule has 0 unspecified atom stereocenters. The number of nitrogens with one attached hydrogen (secondary N) is 1. The van der Waals surface area contributed by atoms with Gasteiger partial charge in [0.2, 0.25) is 5.82 Å². The summed E-state index contributed by atoms with van der Waals surface area (Å²) in [4.78, 5) is 24.4. The van der Waals surface area contributed by atoms with E-state index < -0.39 is 6.09 Å². The number of nitriles is 1. The fourth-order valence-corrected chi connectivity index (χ4v) is 2.96. The van der Waals surface area contributed by atoms with Crippen molar-refractivity contribution in [1.29, 1.82) is 5.26 Å². The maximum Gasteiger partial charge on any atom is 0.411 e. The molecule has 3 rings (SSSR count). The molecular formula is C19H22N8O2. The smallest absolute Gasteiger partial charge is 0.411 e. The van der Waals surface area contributed by atoms with E-state index in [9.17, 15) is 4.79 Å². The highest BCUT2D eigenvalue weighted by molar-refractivity contribution is 6.48. The van der Waals surface area contributed by atoms with Crippen molar-refractivity contribution in [2.45, 2.75) is 27.2 Å². The quantitative estimate of drug-likeness (QED) is 0.804. The van der Waals surface area contributed by atoms with E-state index in [-0.39, 0.29) is 0 Å². The van der Waals surface area contributed by atoms with Gasteiger partial charge in [-0.2, -0.15) is 10.4 Å². The van der Waals surface area contributed by atoms with Crippen LogP contribution in [0.5, 0.6) is 0 Å². The van der Waals surface area contributed by atoms with Gasteiger partial charge in [-0.15, -0.1) is 9.89 Å². The molecule has 0 saturated carbocycles. The molecule has 0 fully saturated rings. The van der Waals surface area contributed by atoms with Crippen molar-refractivity contribution < 1.29 is 9.53 Å². The number of hydrogen-bond acceptors (Lipinski definition) is 8.